The summed E-state index contributed by atoms with van der Waals surface area (Å²) in [6.45, 7) is 0.619. The van der Waals surface area contributed by atoms with Crippen molar-refractivity contribution in [3.63, 3.8) is 0 Å². The summed E-state index contributed by atoms with van der Waals surface area (Å²) in [7, 11) is 0. The molecule has 1 N–H and O–H groups in total. The molecular formula is C12H13BrClFO2. The third-order valence-electron chi connectivity index (χ3n) is 2.95. The molecule has 2 atom stereocenters. The first-order valence-electron chi connectivity index (χ1n) is 5.54. The van der Waals surface area contributed by atoms with E-state index in [0.29, 0.717) is 11.1 Å². The number of aliphatic hydroxyl groups excluding tert-OH is 1. The summed E-state index contributed by atoms with van der Waals surface area (Å²) in [5.41, 5.74) is 0.199. The van der Waals surface area contributed by atoms with Crippen LogP contribution in [0.2, 0.25) is 5.02 Å². The maximum absolute atomic E-state index is 13.9. The zero-order valence-corrected chi connectivity index (χ0v) is 11.5. The monoisotopic (exact) mass is 322 g/mol. The Hall–Kier alpha value is -0.160. The van der Waals surface area contributed by atoms with Gasteiger partial charge in [-0.1, -0.05) is 17.7 Å². The highest BCUT2D eigenvalue weighted by Crippen LogP contribution is 2.33. The quantitative estimate of drug-likeness (QED) is 0.838. The van der Waals surface area contributed by atoms with E-state index in [4.69, 9.17) is 16.3 Å². The van der Waals surface area contributed by atoms with E-state index in [1.165, 1.54) is 6.07 Å². The van der Waals surface area contributed by atoms with Gasteiger partial charge in [-0.2, -0.15) is 0 Å². The van der Waals surface area contributed by atoms with E-state index < -0.39 is 11.9 Å². The lowest BCUT2D eigenvalue weighted by Gasteiger charge is -2.27. The Morgan fingerprint density at radius 1 is 1.47 bits per heavy atom. The summed E-state index contributed by atoms with van der Waals surface area (Å²) < 4.78 is 19.8. The van der Waals surface area contributed by atoms with E-state index in [-0.39, 0.29) is 16.7 Å². The number of hydrogen-bond donors (Lipinski definition) is 1. The lowest BCUT2D eigenvalue weighted by Crippen LogP contribution is -2.27. The normalized spacial score (nSPS) is 22.5. The first-order valence-corrected chi connectivity index (χ1v) is 6.71. The standard InChI is InChI=1S/C12H13BrClFO2/c13-8-5-4-7(11(15)10(8)14)12(16)9-3-1-2-6-17-9/h4-5,9,12,16H,1-3,6H2. The minimum atomic E-state index is -0.958. The van der Waals surface area contributed by atoms with E-state index in [1.54, 1.807) is 6.07 Å². The molecule has 0 amide bonds. The molecule has 0 saturated carbocycles. The Morgan fingerprint density at radius 2 is 2.24 bits per heavy atom. The van der Waals surface area contributed by atoms with Gasteiger partial charge in [0.2, 0.25) is 0 Å². The molecule has 94 valence electrons. The molecule has 0 aromatic heterocycles. The van der Waals surface area contributed by atoms with Crippen LogP contribution < -0.4 is 0 Å². The molecule has 2 rings (SSSR count). The van der Waals surface area contributed by atoms with Crippen LogP contribution in [-0.4, -0.2) is 17.8 Å². The lowest BCUT2D eigenvalue weighted by molar-refractivity contribution is -0.0644. The highest BCUT2D eigenvalue weighted by Gasteiger charge is 2.27. The first-order chi connectivity index (χ1) is 8.11. The summed E-state index contributed by atoms with van der Waals surface area (Å²) in [6.07, 6.45) is 1.44. The van der Waals surface area contributed by atoms with E-state index in [0.717, 1.165) is 19.3 Å². The second kappa shape index (κ2) is 5.65. The molecule has 2 unspecified atom stereocenters. The second-order valence-electron chi connectivity index (χ2n) is 4.11. The van der Waals surface area contributed by atoms with Gasteiger partial charge in [-0.05, 0) is 41.3 Å². The fraction of sp³-hybridized carbons (Fsp3) is 0.500. The highest BCUT2D eigenvalue weighted by atomic mass is 79.9. The van der Waals surface area contributed by atoms with Gasteiger partial charge in [0.05, 0.1) is 11.1 Å². The summed E-state index contributed by atoms with van der Waals surface area (Å²) >= 11 is 8.93. The molecule has 0 spiro atoms. The molecule has 0 bridgehead atoms. The third kappa shape index (κ3) is 2.81. The Morgan fingerprint density at radius 3 is 2.88 bits per heavy atom. The number of benzene rings is 1. The molecule has 17 heavy (non-hydrogen) atoms. The Kier molecular flexibility index (Phi) is 4.42. The van der Waals surface area contributed by atoms with Crippen molar-refractivity contribution in [1.82, 2.24) is 0 Å². The maximum atomic E-state index is 13.9. The summed E-state index contributed by atoms with van der Waals surface area (Å²) in [5.74, 6) is -0.581. The Bertz CT molecular complexity index is 408. The van der Waals surface area contributed by atoms with Gasteiger partial charge in [0.1, 0.15) is 11.9 Å². The van der Waals surface area contributed by atoms with Crippen molar-refractivity contribution in [3.8, 4) is 0 Å². The smallest absolute Gasteiger partial charge is 0.148 e. The number of rotatable bonds is 2. The summed E-state index contributed by atoms with van der Waals surface area (Å²) in [4.78, 5) is 0. The fourth-order valence-electron chi connectivity index (χ4n) is 1.98. The predicted octanol–water partition coefficient (Wildman–Crippen LogP) is 3.84. The van der Waals surface area contributed by atoms with Crippen LogP contribution in [0.5, 0.6) is 0 Å². The maximum Gasteiger partial charge on any atom is 0.148 e. The molecule has 1 heterocycles. The van der Waals surface area contributed by atoms with Crippen LogP contribution >= 0.6 is 27.5 Å². The zero-order chi connectivity index (χ0) is 12.4. The van der Waals surface area contributed by atoms with Gasteiger partial charge in [-0.3, -0.25) is 0 Å². The van der Waals surface area contributed by atoms with Gasteiger partial charge in [0.25, 0.3) is 0 Å². The van der Waals surface area contributed by atoms with Gasteiger partial charge in [-0.25, -0.2) is 4.39 Å². The van der Waals surface area contributed by atoms with Crippen molar-refractivity contribution in [2.24, 2.45) is 0 Å². The molecule has 1 aromatic carbocycles. The van der Waals surface area contributed by atoms with Crippen LogP contribution in [0.3, 0.4) is 0 Å². The van der Waals surface area contributed by atoms with E-state index in [1.807, 2.05) is 0 Å². The van der Waals surface area contributed by atoms with Crippen LogP contribution in [0.1, 0.15) is 30.9 Å². The fourth-order valence-corrected chi connectivity index (χ4v) is 2.46. The molecule has 1 aliphatic rings. The molecule has 5 heteroatoms. The second-order valence-corrected chi connectivity index (χ2v) is 5.35. The minimum Gasteiger partial charge on any atom is -0.386 e. The van der Waals surface area contributed by atoms with Crippen molar-refractivity contribution in [3.05, 3.63) is 33.0 Å². The van der Waals surface area contributed by atoms with Crippen LogP contribution in [0.25, 0.3) is 0 Å². The van der Waals surface area contributed by atoms with Crippen LogP contribution in [0.4, 0.5) is 4.39 Å². The third-order valence-corrected chi connectivity index (χ3v) is 4.21. The number of hydrogen-bond acceptors (Lipinski definition) is 2. The molecule has 2 nitrogen and oxygen atoms in total. The lowest BCUT2D eigenvalue weighted by atomic mass is 9.98. The topological polar surface area (TPSA) is 29.5 Å². The van der Waals surface area contributed by atoms with E-state index >= 15 is 0 Å². The van der Waals surface area contributed by atoms with Crippen LogP contribution in [0.15, 0.2) is 16.6 Å². The van der Waals surface area contributed by atoms with Crippen molar-refractivity contribution in [2.45, 2.75) is 31.5 Å². The number of ether oxygens (including phenoxy) is 1. The van der Waals surface area contributed by atoms with Crippen molar-refractivity contribution in [2.75, 3.05) is 6.61 Å². The molecule has 1 aliphatic heterocycles. The molecule has 0 radical (unpaired) electrons. The molecule has 0 aliphatic carbocycles. The van der Waals surface area contributed by atoms with Gasteiger partial charge in [-0.15, -0.1) is 0 Å². The zero-order valence-electron chi connectivity index (χ0n) is 9.13. The molecule has 1 saturated heterocycles. The number of halogens is 3. The molecular weight excluding hydrogens is 310 g/mol. The highest BCUT2D eigenvalue weighted by molar-refractivity contribution is 9.10. The average Bonchev–Trinajstić information content (AvgIpc) is 2.36. The predicted molar refractivity (Wildman–Crippen MR) is 67.7 cm³/mol. The number of aliphatic hydroxyl groups is 1. The van der Waals surface area contributed by atoms with E-state index in [2.05, 4.69) is 15.9 Å². The van der Waals surface area contributed by atoms with Crippen molar-refractivity contribution < 1.29 is 14.2 Å². The van der Waals surface area contributed by atoms with Crippen LogP contribution in [-0.2, 0) is 4.74 Å². The minimum absolute atomic E-state index is 0.00244. The largest absolute Gasteiger partial charge is 0.386 e. The Labute approximate surface area is 113 Å². The average molecular weight is 324 g/mol. The first kappa shape index (κ1) is 13.3. The van der Waals surface area contributed by atoms with Gasteiger partial charge in [0, 0.05) is 16.6 Å². The van der Waals surface area contributed by atoms with Crippen LogP contribution in [0, 0.1) is 5.82 Å². The Balaban J connectivity index is 2.24. The summed E-state index contributed by atoms with van der Waals surface area (Å²) in [6, 6.07) is 3.17. The van der Waals surface area contributed by atoms with Gasteiger partial charge in [0.15, 0.2) is 0 Å². The summed E-state index contributed by atoms with van der Waals surface area (Å²) in [5, 5.41) is 10.1. The van der Waals surface area contributed by atoms with Crippen molar-refractivity contribution in [1.29, 1.82) is 0 Å². The van der Waals surface area contributed by atoms with E-state index in [9.17, 15) is 9.50 Å². The molecule has 1 aromatic rings. The molecule has 1 fully saturated rings. The van der Waals surface area contributed by atoms with Gasteiger partial charge < -0.3 is 9.84 Å². The van der Waals surface area contributed by atoms with Gasteiger partial charge >= 0.3 is 0 Å². The SMILES string of the molecule is OC(c1ccc(Br)c(Cl)c1F)C1CCCCO1. The van der Waals surface area contributed by atoms with Crippen molar-refractivity contribution >= 4 is 27.5 Å².